The van der Waals surface area contributed by atoms with Gasteiger partial charge in [0.25, 0.3) is 11.8 Å². The monoisotopic (exact) mass is 223 g/mol. The van der Waals surface area contributed by atoms with Crippen LogP contribution in [-0.2, 0) is 4.79 Å². The highest BCUT2D eigenvalue weighted by Crippen LogP contribution is 2.32. The second kappa shape index (κ2) is 3.30. The van der Waals surface area contributed by atoms with Gasteiger partial charge in [0.15, 0.2) is 0 Å². The summed E-state index contributed by atoms with van der Waals surface area (Å²) in [7, 11) is 1.50. The summed E-state index contributed by atoms with van der Waals surface area (Å²) in [6, 6.07) is 5.44. The summed E-state index contributed by atoms with van der Waals surface area (Å²) in [6.07, 6.45) is 5.19. The summed E-state index contributed by atoms with van der Waals surface area (Å²) < 4.78 is 0. The van der Waals surface area contributed by atoms with Gasteiger partial charge in [-0.25, -0.2) is 0 Å². The second-order valence-corrected chi connectivity index (χ2v) is 4.00. The van der Waals surface area contributed by atoms with E-state index in [1.165, 1.54) is 7.05 Å². The first-order valence-electron chi connectivity index (χ1n) is 5.28. The topological polar surface area (TPSA) is 37.4 Å². The first kappa shape index (κ1) is 9.82. The van der Waals surface area contributed by atoms with Crippen LogP contribution in [0.2, 0.25) is 0 Å². The van der Waals surface area contributed by atoms with Gasteiger partial charge >= 0.3 is 0 Å². The fourth-order valence-corrected chi connectivity index (χ4v) is 2.15. The molecular formula is C14H9NO2. The molecule has 2 amide bonds. The molecule has 0 saturated heterocycles. The Morgan fingerprint density at radius 1 is 1.18 bits per heavy atom. The largest absolute Gasteiger partial charge is 0.277 e. The van der Waals surface area contributed by atoms with Gasteiger partial charge in [0, 0.05) is 23.7 Å². The van der Waals surface area contributed by atoms with Crippen LogP contribution >= 0.6 is 0 Å². The zero-order valence-electron chi connectivity index (χ0n) is 9.23. The third-order valence-electron chi connectivity index (χ3n) is 3.02. The van der Waals surface area contributed by atoms with Crippen molar-refractivity contribution in [2.45, 2.75) is 0 Å². The zero-order chi connectivity index (χ0) is 12.0. The summed E-state index contributed by atoms with van der Waals surface area (Å²) in [4.78, 5) is 25.2. The minimum atomic E-state index is -0.261. The molecule has 0 atom stereocenters. The molecule has 0 spiro atoms. The molecule has 17 heavy (non-hydrogen) atoms. The first-order valence-corrected chi connectivity index (χ1v) is 5.28. The Hall–Kier alpha value is -2.38. The highest BCUT2D eigenvalue weighted by molar-refractivity contribution is 6.31. The van der Waals surface area contributed by atoms with Crippen molar-refractivity contribution >= 4 is 23.5 Å². The van der Waals surface area contributed by atoms with Gasteiger partial charge in [-0.15, -0.1) is 5.73 Å². The second-order valence-electron chi connectivity index (χ2n) is 4.00. The van der Waals surface area contributed by atoms with E-state index in [9.17, 15) is 9.59 Å². The molecule has 1 aliphatic heterocycles. The lowest BCUT2D eigenvalue weighted by atomic mass is 9.90. The molecule has 0 unspecified atom stereocenters. The highest BCUT2D eigenvalue weighted by Gasteiger charge is 2.33. The third-order valence-corrected chi connectivity index (χ3v) is 3.02. The van der Waals surface area contributed by atoms with Crippen molar-refractivity contribution in [2.75, 3.05) is 7.05 Å². The van der Waals surface area contributed by atoms with Crippen LogP contribution in [-0.4, -0.2) is 23.8 Å². The van der Waals surface area contributed by atoms with Crippen molar-refractivity contribution in [1.29, 1.82) is 0 Å². The van der Waals surface area contributed by atoms with Crippen molar-refractivity contribution in [1.82, 2.24) is 4.90 Å². The number of nitrogens with zero attached hydrogens (tertiary/aromatic N) is 1. The van der Waals surface area contributed by atoms with Crippen LogP contribution in [0.25, 0.3) is 11.6 Å². The number of imide groups is 1. The molecule has 0 saturated carbocycles. The van der Waals surface area contributed by atoms with Gasteiger partial charge in [0.2, 0.25) is 0 Å². The predicted molar refractivity (Wildman–Crippen MR) is 64.1 cm³/mol. The van der Waals surface area contributed by atoms with Crippen LogP contribution in [0.5, 0.6) is 0 Å². The van der Waals surface area contributed by atoms with E-state index in [1.54, 1.807) is 24.3 Å². The van der Waals surface area contributed by atoms with Crippen LogP contribution in [0, 0.1) is 0 Å². The number of likely N-dealkylation sites (N-methyl/N-ethyl adjacent to an activating group) is 1. The fraction of sp³-hybridized carbons (Fsp3) is 0.0714. The average Bonchev–Trinajstić information content (AvgIpc) is 2.56. The molecule has 1 aromatic rings. The Morgan fingerprint density at radius 3 is 2.82 bits per heavy atom. The molecule has 0 bridgehead atoms. The van der Waals surface area contributed by atoms with Gasteiger partial charge in [0.1, 0.15) is 0 Å². The van der Waals surface area contributed by atoms with Gasteiger partial charge in [0.05, 0.1) is 0 Å². The number of carbonyl (C=O) groups excluding carboxylic acids is 2. The lowest BCUT2D eigenvalue weighted by molar-refractivity contribution is -0.121. The predicted octanol–water partition coefficient (Wildman–Crippen LogP) is 1.86. The molecule has 0 radical (unpaired) electrons. The van der Waals surface area contributed by atoms with Gasteiger partial charge in [-0.1, -0.05) is 12.1 Å². The number of rotatable bonds is 0. The number of benzene rings is 1. The Kier molecular flexibility index (Phi) is 1.91. The normalized spacial score (nSPS) is 16.8. The maximum absolute atomic E-state index is 12.0. The van der Waals surface area contributed by atoms with Crippen molar-refractivity contribution in [2.24, 2.45) is 0 Å². The number of allylic oxidation sites excluding steroid dienone is 2. The lowest BCUT2D eigenvalue weighted by Gasteiger charge is -2.26. The zero-order valence-corrected chi connectivity index (χ0v) is 9.23. The molecule has 2 aliphatic rings. The average molecular weight is 223 g/mol. The van der Waals surface area contributed by atoms with E-state index in [1.807, 2.05) is 12.1 Å². The van der Waals surface area contributed by atoms with E-state index >= 15 is 0 Å². The van der Waals surface area contributed by atoms with Crippen LogP contribution in [0.1, 0.15) is 21.5 Å². The summed E-state index contributed by atoms with van der Waals surface area (Å²) >= 11 is 0. The van der Waals surface area contributed by atoms with E-state index in [2.05, 4.69) is 5.73 Å². The molecule has 82 valence electrons. The van der Waals surface area contributed by atoms with Crippen LogP contribution in [0.15, 0.2) is 36.1 Å². The molecular weight excluding hydrogens is 214 g/mol. The smallest absolute Gasteiger partial charge is 0.261 e. The third kappa shape index (κ3) is 1.23. The van der Waals surface area contributed by atoms with Crippen LogP contribution in [0.3, 0.4) is 0 Å². The highest BCUT2D eigenvalue weighted by atomic mass is 16.2. The molecule has 0 aromatic heterocycles. The number of hydrogen-bond donors (Lipinski definition) is 0. The minimum Gasteiger partial charge on any atom is -0.277 e. The van der Waals surface area contributed by atoms with Crippen LogP contribution in [0.4, 0.5) is 0 Å². The molecule has 3 heteroatoms. The first-order chi connectivity index (χ1) is 8.20. The Balaban J connectivity index is 2.42. The quantitative estimate of drug-likeness (QED) is 0.497. The standard InChI is InChI=1S/C14H9NO2/c1-15-13(16)10-7-3-2-5-9-6-4-8-11(12(9)10)14(15)17/h3-8H,1H3. The number of hydrogen-bond acceptors (Lipinski definition) is 2. The van der Waals surface area contributed by atoms with Crippen LogP contribution < -0.4 is 0 Å². The van der Waals surface area contributed by atoms with E-state index in [0.717, 1.165) is 16.0 Å². The molecule has 0 N–H and O–H groups in total. The van der Waals surface area contributed by atoms with Gasteiger partial charge in [-0.2, -0.15) is 0 Å². The summed E-state index contributed by atoms with van der Waals surface area (Å²) in [5.74, 6) is -0.511. The van der Waals surface area contributed by atoms with E-state index < -0.39 is 0 Å². The Morgan fingerprint density at radius 2 is 2.00 bits per heavy atom. The maximum atomic E-state index is 12.0. The maximum Gasteiger partial charge on any atom is 0.261 e. The summed E-state index contributed by atoms with van der Waals surface area (Å²) in [5, 5.41) is 0. The van der Waals surface area contributed by atoms with Gasteiger partial charge in [-0.3, -0.25) is 14.5 Å². The van der Waals surface area contributed by atoms with Gasteiger partial charge in [-0.05, 0) is 29.9 Å². The lowest BCUT2D eigenvalue weighted by Crippen LogP contribution is -2.38. The van der Waals surface area contributed by atoms with E-state index in [-0.39, 0.29) is 11.8 Å². The summed E-state index contributed by atoms with van der Waals surface area (Å²) in [6.45, 7) is 0. The van der Waals surface area contributed by atoms with Crippen molar-refractivity contribution in [3.8, 4) is 0 Å². The number of carbonyl (C=O) groups is 2. The van der Waals surface area contributed by atoms with Crippen molar-refractivity contribution < 1.29 is 9.59 Å². The van der Waals surface area contributed by atoms with Gasteiger partial charge < -0.3 is 0 Å². The van der Waals surface area contributed by atoms with Crippen molar-refractivity contribution in [3.63, 3.8) is 0 Å². The fourth-order valence-electron chi connectivity index (χ4n) is 2.15. The van der Waals surface area contributed by atoms with E-state index in [4.69, 9.17) is 0 Å². The number of amides is 2. The van der Waals surface area contributed by atoms with E-state index in [0.29, 0.717) is 11.1 Å². The summed E-state index contributed by atoms with van der Waals surface area (Å²) in [5.41, 5.74) is 5.67. The molecule has 0 fully saturated rings. The SMILES string of the molecule is CN1C(=O)C2=CC=C=Cc3cccc(c32)C1=O. The Labute approximate surface area is 98.4 Å². The molecule has 1 heterocycles. The van der Waals surface area contributed by atoms with Crippen molar-refractivity contribution in [3.05, 3.63) is 52.8 Å². The molecule has 3 nitrogen and oxygen atoms in total. The molecule has 3 rings (SSSR count). The Bertz CT molecular complexity index is 646. The molecule has 1 aliphatic carbocycles. The minimum absolute atomic E-state index is 0.251. The molecule has 1 aromatic carbocycles.